The molecule has 5 nitrogen and oxygen atoms in total. The van der Waals surface area contributed by atoms with Gasteiger partial charge in [0.15, 0.2) is 5.13 Å². The highest BCUT2D eigenvalue weighted by molar-refractivity contribution is 7.22. The summed E-state index contributed by atoms with van der Waals surface area (Å²) in [5, 5.41) is 3.45. The number of carbonyl (C=O) groups is 1. The van der Waals surface area contributed by atoms with Gasteiger partial charge in [-0.2, -0.15) is 0 Å². The smallest absolute Gasteiger partial charge is 0.251 e. The molecule has 3 rings (SSSR count). The third kappa shape index (κ3) is 2.91. The molecule has 1 fully saturated rings. The molecule has 1 aromatic heterocycles. The van der Waals surface area contributed by atoms with Gasteiger partial charge in [0, 0.05) is 18.7 Å². The number of carbonyl (C=O) groups excluding carboxylic acids is 1. The number of hydrogen-bond acceptors (Lipinski definition) is 5. The molecule has 1 amide bonds. The molecule has 3 N–H and O–H groups in total. The van der Waals surface area contributed by atoms with E-state index in [0.717, 1.165) is 29.7 Å². The standard InChI is InChI=1S/C14H17N3O2S/c15-14-17-11-5-4-9(7-12(11)20-14)13(18)16-8-10-3-1-2-6-19-10/h4-5,7,10H,1-3,6,8H2,(H2,15,17)(H,16,18). The molecule has 1 saturated heterocycles. The van der Waals surface area contributed by atoms with Crippen molar-refractivity contribution in [2.45, 2.75) is 25.4 Å². The van der Waals surface area contributed by atoms with Gasteiger partial charge in [-0.1, -0.05) is 11.3 Å². The molecule has 1 atom stereocenters. The van der Waals surface area contributed by atoms with Crippen LogP contribution in [0.4, 0.5) is 5.13 Å². The number of nitrogens with one attached hydrogen (secondary N) is 1. The maximum absolute atomic E-state index is 12.1. The van der Waals surface area contributed by atoms with Gasteiger partial charge >= 0.3 is 0 Å². The molecular weight excluding hydrogens is 274 g/mol. The van der Waals surface area contributed by atoms with Crippen LogP contribution in [0.25, 0.3) is 10.2 Å². The number of aromatic nitrogens is 1. The zero-order chi connectivity index (χ0) is 13.9. The fourth-order valence-electron chi connectivity index (χ4n) is 2.36. The molecule has 0 saturated carbocycles. The monoisotopic (exact) mass is 291 g/mol. The van der Waals surface area contributed by atoms with Crippen molar-refractivity contribution in [2.24, 2.45) is 0 Å². The van der Waals surface area contributed by atoms with Crippen molar-refractivity contribution in [1.29, 1.82) is 0 Å². The summed E-state index contributed by atoms with van der Waals surface area (Å²) in [4.78, 5) is 16.3. The highest BCUT2D eigenvalue weighted by atomic mass is 32.1. The van der Waals surface area contributed by atoms with E-state index in [0.29, 0.717) is 17.2 Å². The van der Waals surface area contributed by atoms with Gasteiger partial charge in [0.1, 0.15) is 0 Å². The van der Waals surface area contributed by atoms with Crippen LogP contribution in [-0.2, 0) is 4.74 Å². The minimum Gasteiger partial charge on any atom is -0.376 e. The number of hydrogen-bond donors (Lipinski definition) is 2. The summed E-state index contributed by atoms with van der Waals surface area (Å²) in [5.41, 5.74) is 7.13. The summed E-state index contributed by atoms with van der Waals surface area (Å²) in [6.07, 6.45) is 3.46. The topological polar surface area (TPSA) is 77.2 Å². The summed E-state index contributed by atoms with van der Waals surface area (Å²) in [7, 11) is 0. The predicted octanol–water partition coefficient (Wildman–Crippen LogP) is 2.18. The fourth-order valence-corrected chi connectivity index (χ4v) is 3.13. The van der Waals surface area contributed by atoms with Crippen LogP contribution in [0.2, 0.25) is 0 Å². The van der Waals surface area contributed by atoms with Crippen molar-refractivity contribution in [1.82, 2.24) is 10.3 Å². The molecule has 106 valence electrons. The first-order valence-corrected chi connectivity index (χ1v) is 7.60. The zero-order valence-corrected chi connectivity index (χ0v) is 11.9. The highest BCUT2D eigenvalue weighted by Gasteiger charge is 2.15. The molecule has 1 aromatic carbocycles. The van der Waals surface area contributed by atoms with Gasteiger partial charge < -0.3 is 15.8 Å². The van der Waals surface area contributed by atoms with Crippen molar-refractivity contribution in [3.63, 3.8) is 0 Å². The summed E-state index contributed by atoms with van der Waals surface area (Å²) in [6, 6.07) is 5.44. The number of fused-ring (bicyclic) bond motifs is 1. The highest BCUT2D eigenvalue weighted by Crippen LogP contribution is 2.24. The number of ether oxygens (including phenoxy) is 1. The predicted molar refractivity (Wildman–Crippen MR) is 80.0 cm³/mol. The molecule has 2 heterocycles. The third-order valence-corrected chi connectivity index (χ3v) is 4.28. The summed E-state index contributed by atoms with van der Waals surface area (Å²) >= 11 is 1.39. The average molecular weight is 291 g/mol. The Morgan fingerprint density at radius 3 is 3.20 bits per heavy atom. The fraction of sp³-hybridized carbons (Fsp3) is 0.429. The molecular formula is C14H17N3O2S. The molecule has 0 bridgehead atoms. The van der Waals surface area contributed by atoms with Crippen LogP contribution >= 0.6 is 11.3 Å². The minimum absolute atomic E-state index is 0.0759. The number of nitrogens with zero attached hydrogens (tertiary/aromatic N) is 1. The van der Waals surface area contributed by atoms with E-state index < -0.39 is 0 Å². The van der Waals surface area contributed by atoms with Crippen LogP contribution in [0, 0.1) is 0 Å². The number of anilines is 1. The zero-order valence-electron chi connectivity index (χ0n) is 11.1. The minimum atomic E-state index is -0.0759. The van der Waals surface area contributed by atoms with E-state index in [1.165, 1.54) is 17.8 Å². The molecule has 1 unspecified atom stereocenters. The van der Waals surface area contributed by atoms with Crippen molar-refractivity contribution in [3.05, 3.63) is 23.8 Å². The lowest BCUT2D eigenvalue weighted by Gasteiger charge is -2.22. The Hall–Kier alpha value is -1.66. The molecule has 1 aliphatic rings. The quantitative estimate of drug-likeness (QED) is 0.908. The maximum atomic E-state index is 12.1. The Bertz CT molecular complexity index is 620. The normalized spacial score (nSPS) is 19.1. The molecule has 20 heavy (non-hydrogen) atoms. The average Bonchev–Trinajstić information content (AvgIpc) is 2.85. The van der Waals surface area contributed by atoms with Crippen molar-refractivity contribution in [2.75, 3.05) is 18.9 Å². The first-order chi connectivity index (χ1) is 9.72. The van der Waals surface area contributed by atoms with Crippen molar-refractivity contribution in [3.8, 4) is 0 Å². The second-order valence-electron chi connectivity index (χ2n) is 4.93. The van der Waals surface area contributed by atoms with Gasteiger partial charge in [-0.05, 0) is 37.5 Å². The Balaban J connectivity index is 1.65. The van der Waals surface area contributed by atoms with Gasteiger partial charge in [0.25, 0.3) is 5.91 Å². The maximum Gasteiger partial charge on any atom is 0.251 e. The van der Waals surface area contributed by atoms with E-state index >= 15 is 0 Å². The number of amides is 1. The van der Waals surface area contributed by atoms with E-state index in [2.05, 4.69) is 10.3 Å². The summed E-state index contributed by atoms with van der Waals surface area (Å²) in [5.74, 6) is -0.0759. The largest absolute Gasteiger partial charge is 0.376 e. The van der Waals surface area contributed by atoms with E-state index in [1.807, 2.05) is 12.1 Å². The van der Waals surface area contributed by atoms with Crippen LogP contribution in [-0.4, -0.2) is 30.1 Å². The van der Waals surface area contributed by atoms with Gasteiger partial charge in [-0.15, -0.1) is 0 Å². The van der Waals surface area contributed by atoms with Crippen molar-refractivity contribution < 1.29 is 9.53 Å². The lowest BCUT2D eigenvalue weighted by atomic mass is 10.1. The van der Waals surface area contributed by atoms with Crippen LogP contribution in [0.15, 0.2) is 18.2 Å². The molecule has 0 radical (unpaired) electrons. The van der Waals surface area contributed by atoms with Crippen molar-refractivity contribution >= 4 is 32.6 Å². The number of benzene rings is 1. The molecule has 2 aromatic rings. The van der Waals surface area contributed by atoms with E-state index in [-0.39, 0.29) is 12.0 Å². The Labute approximate surface area is 121 Å². The first kappa shape index (κ1) is 13.3. The van der Waals surface area contributed by atoms with Crippen LogP contribution in [0.5, 0.6) is 0 Å². The molecule has 0 aliphatic carbocycles. The van der Waals surface area contributed by atoms with Crippen LogP contribution < -0.4 is 11.1 Å². The van der Waals surface area contributed by atoms with Gasteiger partial charge in [-0.25, -0.2) is 4.98 Å². The van der Waals surface area contributed by atoms with Gasteiger partial charge in [-0.3, -0.25) is 4.79 Å². The Morgan fingerprint density at radius 2 is 2.40 bits per heavy atom. The number of nitrogens with two attached hydrogens (primary N) is 1. The van der Waals surface area contributed by atoms with Crippen LogP contribution in [0.3, 0.4) is 0 Å². The lowest BCUT2D eigenvalue weighted by Crippen LogP contribution is -2.35. The van der Waals surface area contributed by atoms with E-state index in [1.54, 1.807) is 6.07 Å². The number of thiazole rings is 1. The second-order valence-corrected chi connectivity index (χ2v) is 6.00. The van der Waals surface area contributed by atoms with Gasteiger partial charge in [0.2, 0.25) is 0 Å². The number of nitrogen functional groups attached to an aromatic ring is 1. The van der Waals surface area contributed by atoms with E-state index in [4.69, 9.17) is 10.5 Å². The third-order valence-electron chi connectivity index (χ3n) is 3.43. The Morgan fingerprint density at radius 1 is 1.50 bits per heavy atom. The molecule has 0 spiro atoms. The van der Waals surface area contributed by atoms with E-state index in [9.17, 15) is 4.79 Å². The summed E-state index contributed by atoms with van der Waals surface area (Å²) in [6.45, 7) is 1.37. The number of rotatable bonds is 3. The second kappa shape index (κ2) is 5.76. The Kier molecular flexibility index (Phi) is 3.84. The first-order valence-electron chi connectivity index (χ1n) is 6.78. The van der Waals surface area contributed by atoms with Gasteiger partial charge in [0.05, 0.1) is 16.3 Å². The summed E-state index contributed by atoms with van der Waals surface area (Å²) < 4.78 is 6.53. The lowest BCUT2D eigenvalue weighted by molar-refractivity contribution is 0.0169. The SMILES string of the molecule is Nc1nc2ccc(C(=O)NCC3CCCCO3)cc2s1. The molecule has 1 aliphatic heterocycles. The van der Waals surface area contributed by atoms with Crippen LogP contribution in [0.1, 0.15) is 29.6 Å². The molecule has 6 heteroatoms.